The number of hydrogen-bond donors (Lipinski definition) is 1. The molecule has 4 nitrogen and oxygen atoms in total. The maximum absolute atomic E-state index is 13.5. The highest BCUT2D eigenvalue weighted by molar-refractivity contribution is 9.10. The molecule has 19 heavy (non-hydrogen) atoms. The van der Waals surface area contributed by atoms with Crippen LogP contribution in [0.1, 0.15) is 0 Å². The average Bonchev–Trinajstić information content (AvgIpc) is 2.32. The first kappa shape index (κ1) is 14.0. The number of halogens is 2. The molecule has 2 aromatic rings. The van der Waals surface area contributed by atoms with Gasteiger partial charge >= 0.3 is 0 Å². The molecule has 0 bridgehead atoms. The normalized spacial score (nSPS) is 11.3. The molecule has 0 aliphatic carbocycles. The summed E-state index contributed by atoms with van der Waals surface area (Å²) in [6.45, 7) is 0. The van der Waals surface area contributed by atoms with Crippen LogP contribution in [0.3, 0.4) is 0 Å². The molecule has 2 aromatic carbocycles. The van der Waals surface area contributed by atoms with Gasteiger partial charge in [0, 0.05) is 4.47 Å². The minimum Gasteiger partial charge on any atom is -0.454 e. The first-order valence-electron chi connectivity index (χ1n) is 5.12. The standard InChI is InChI=1S/C12H9BrFNO3S/c13-8-1-6-12(11(14)7-8)18-9-2-4-10(5-3-9)19(15,16)17/h1-7H,(H2,15,16,17). The molecule has 0 aliphatic heterocycles. The van der Waals surface area contributed by atoms with E-state index in [1.165, 1.54) is 36.4 Å². The predicted molar refractivity (Wildman–Crippen MR) is 72.0 cm³/mol. The SMILES string of the molecule is NS(=O)(=O)c1ccc(Oc2ccc(Br)cc2F)cc1. The van der Waals surface area contributed by atoms with Gasteiger partial charge in [0.2, 0.25) is 10.0 Å². The maximum Gasteiger partial charge on any atom is 0.238 e. The van der Waals surface area contributed by atoms with Crippen LogP contribution in [0.5, 0.6) is 11.5 Å². The maximum atomic E-state index is 13.5. The van der Waals surface area contributed by atoms with E-state index in [-0.39, 0.29) is 10.6 Å². The molecule has 0 spiro atoms. The zero-order valence-electron chi connectivity index (χ0n) is 9.51. The van der Waals surface area contributed by atoms with Gasteiger partial charge in [0.1, 0.15) is 5.75 Å². The van der Waals surface area contributed by atoms with Crippen molar-refractivity contribution in [2.24, 2.45) is 5.14 Å². The lowest BCUT2D eigenvalue weighted by Crippen LogP contribution is -2.11. The summed E-state index contributed by atoms with van der Waals surface area (Å²) in [6.07, 6.45) is 0. The largest absolute Gasteiger partial charge is 0.454 e. The Labute approximate surface area is 118 Å². The van der Waals surface area contributed by atoms with Crippen LogP contribution in [0.15, 0.2) is 51.8 Å². The number of rotatable bonds is 3. The summed E-state index contributed by atoms with van der Waals surface area (Å²) < 4.78 is 41.6. The highest BCUT2D eigenvalue weighted by Gasteiger charge is 2.09. The molecule has 0 saturated heterocycles. The second kappa shape index (κ2) is 5.28. The Morgan fingerprint density at radius 3 is 2.26 bits per heavy atom. The van der Waals surface area contributed by atoms with Crippen LogP contribution in [0.4, 0.5) is 4.39 Å². The minimum absolute atomic E-state index is 0.0314. The molecule has 0 heterocycles. The predicted octanol–water partition coefficient (Wildman–Crippen LogP) is 3.03. The molecule has 2 N–H and O–H groups in total. The number of benzene rings is 2. The van der Waals surface area contributed by atoms with E-state index in [0.717, 1.165) is 0 Å². The van der Waals surface area contributed by atoms with E-state index >= 15 is 0 Å². The molecule has 7 heteroatoms. The fourth-order valence-corrected chi connectivity index (χ4v) is 2.23. The van der Waals surface area contributed by atoms with E-state index < -0.39 is 15.8 Å². The fraction of sp³-hybridized carbons (Fsp3) is 0. The fourth-order valence-electron chi connectivity index (χ4n) is 1.38. The molecule has 0 fully saturated rings. The minimum atomic E-state index is -3.74. The van der Waals surface area contributed by atoms with Crippen LogP contribution in [-0.4, -0.2) is 8.42 Å². The van der Waals surface area contributed by atoms with E-state index in [1.807, 2.05) is 0 Å². The van der Waals surface area contributed by atoms with Gasteiger partial charge in [-0.15, -0.1) is 0 Å². The van der Waals surface area contributed by atoms with Crippen LogP contribution >= 0.6 is 15.9 Å². The van der Waals surface area contributed by atoms with Crippen LogP contribution < -0.4 is 9.88 Å². The van der Waals surface area contributed by atoms with Gasteiger partial charge in [-0.3, -0.25) is 0 Å². The van der Waals surface area contributed by atoms with Gasteiger partial charge in [0.25, 0.3) is 0 Å². The molecule has 0 amide bonds. The molecule has 2 rings (SSSR count). The average molecular weight is 346 g/mol. The summed E-state index contributed by atoms with van der Waals surface area (Å²) in [7, 11) is -3.74. The topological polar surface area (TPSA) is 69.4 Å². The summed E-state index contributed by atoms with van der Waals surface area (Å²) in [5, 5.41) is 4.97. The number of sulfonamides is 1. The van der Waals surface area contributed by atoms with Gasteiger partial charge in [0.05, 0.1) is 4.90 Å². The van der Waals surface area contributed by atoms with Crippen LogP contribution in [0.25, 0.3) is 0 Å². The number of primary sulfonamides is 1. The summed E-state index contributed by atoms with van der Waals surface area (Å²) in [5.74, 6) is -0.162. The van der Waals surface area contributed by atoms with Crippen LogP contribution in [0, 0.1) is 5.82 Å². The Morgan fingerprint density at radius 2 is 1.74 bits per heavy atom. The first-order valence-corrected chi connectivity index (χ1v) is 7.46. The highest BCUT2D eigenvalue weighted by Crippen LogP contribution is 2.27. The van der Waals surface area contributed by atoms with Crippen molar-refractivity contribution in [2.45, 2.75) is 4.90 Å². The number of ether oxygens (including phenoxy) is 1. The molecule has 0 unspecified atom stereocenters. The number of hydrogen-bond acceptors (Lipinski definition) is 3. The molecule has 0 atom stereocenters. The smallest absolute Gasteiger partial charge is 0.238 e. The van der Waals surface area contributed by atoms with Crippen molar-refractivity contribution in [3.05, 3.63) is 52.8 Å². The zero-order chi connectivity index (χ0) is 14.0. The van der Waals surface area contributed by atoms with Crippen LogP contribution in [0.2, 0.25) is 0 Å². The van der Waals surface area contributed by atoms with Crippen LogP contribution in [-0.2, 0) is 10.0 Å². The summed E-state index contributed by atoms with van der Waals surface area (Å²) in [4.78, 5) is -0.0314. The molecule has 0 aromatic heterocycles. The van der Waals surface area contributed by atoms with E-state index in [2.05, 4.69) is 15.9 Å². The highest BCUT2D eigenvalue weighted by atomic mass is 79.9. The Balaban J connectivity index is 2.25. The quantitative estimate of drug-likeness (QED) is 0.929. The Kier molecular flexibility index (Phi) is 3.88. The van der Waals surface area contributed by atoms with Gasteiger partial charge in [0.15, 0.2) is 11.6 Å². The Bertz CT molecular complexity index is 701. The molecule has 0 aliphatic rings. The van der Waals surface area contributed by atoms with Gasteiger partial charge < -0.3 is 4.74 Å². The molecular weight excluding hydrogens is 337 g/mol. The summed E-state index contributed by atoms with van der Waals surface area (Å²) >= 11 is 3.14. The lowest BCUT2D eigenvalue weighted by atomic mass is 10.3. The third kappa shape index (κ3) is 3.52. The lowest BCUT2D eigenvalue weighted by molar-refractivity contribution is 0.441. The van der Waals surface area contributed by atoms with Crippen molar-refractivity contribution >= 4 is 26.0 Å². The van der Waals surface area contributed by atoms with E-state index in [1.54, 1.807) is 6.07 Å². The molecular formula is C12H9BrFNO3S. The van der Waals surface area contributed by atoms with Gasteiger partial charge in [-0.25, -0.2) is 17.9 Å². The summed E-state index contributed by atoms with van der Waals surface area (Å²) in [5.41, 5.74) is 0. The Morgan fingerprint density at radius 1 is 1.11 bits per heavy atom. The van der Waals surface area contributed by atoms with Crippen molar-refractivity contribution in [1.82, 2.24) is 0 Å². The number of nitrogens with two attached hydrogens (primary N) is 1. The second-order valence-corrected chi connectivity index (χ2v) is 6.17. The first-order chi connectivity index (χ1) is 8.86. The molecule has 0 radical (unpaired) electrons. The van der Waals surface area contributed by atoms with Crippen molar-refractivity contribution < 1.29 is 17.5 Å². The van der Waals surface area contributed by atoms with Crippen molar-refractivity contribution in [3.63, 3.8) is 0 Å². The van der Waals surface area contributed by atoms with E-state index in [0.29, 0.717) is 10.2 Å². The van der Waals surface area contributed by atoms with Gasteiger partial charge in [-0.05, 0) is 42.5 Å². The second-order valence-electron chi connectivity index (χ2n) is 3.69. The summed E-state index contributed by atoms with van der Waals surface area (Å²) in [6, 6.07) is 9.77. The lowest BCUT2D eigenvalue weighted by Gasteiger charge is -2.07. The zero-order valence-corrected chi connectivity index (χ0v) is 11.9. The van der Waals surface area contributed by atoms with E-state index in [9.17, 15) is 12.8 Å². The Hall–Kier alpha value is -1.44. The van der Waals surface area contributed by atoms with E-state index in [4.69, 9.17) is 9.88 Å². The third-order valence-electron chi connectivity index (χ3n) is 2.27. The molecule has 0 saturated carbocycles. The van der Waals surface area contributed by atoms with Gasteiger partial charge in [-0.2, -0.15) is 0 Å². The van der Waals surface area contributed by atoms with Crippen molar-refractivity contribution in [3.8, 4) is 11.5 Å². The van der Waals surface area contributed by atoms with Crippen molar-refractivity contribution in [2.75, 3.05) is 0 Å². The van der Waals surface area contributed by atoms with Gasteiger partial charge in [-0.1, -0.05) is 15.9 Å². The third-order valence-corrected chi connectivity index (χ3v) is 3.70. The van der Waals surface area contributed by atoms with Crippen molar-refractivity contribution in [1.29, 1.82) is 0 Å². The molecule has 100 valence electrons. The monoisotopic (exact) mass is 345 g/mol.